The molecule has 198 valence electrons. The Balaban J connectivity index is 0. The van der Waals surface area contributed by atoms with Crippen molar-refractivity contribution < 1.29 is 0 Å². The van der Waals surface area contributed by atoms with Gasteiger partial charge in [-0.3, -0.25) is 0 Å². The average Bonchev–Trinajstić information content (AvgIpc) is 2.92. The van der Waals surface area contributed by atoms with Gasteiger partial charge in [0.15, 0.2) is 0 Å². The summed E-state index contributed by atoms with van der Waals surface area (Å²) in [5.74, 6) is 1.75. The summed E-state index contributed by atoms with van der Waals surface area (Å²) in [6.45, 7) is 19.4. The predicted molar refractivity (Wildman–Crippen MR) is 165 cm³/mol. The number of rotatable bonds is 9. The first-order valence-electron chi connectivity index (χ1n) is 14.6. The third-order valence-electron chi connectivity index (χ3n) is 5.77. The Bertz CT molecular complexity index is 697. The summed E-state index contributed by atoms with van der Waals surface area (Å²) in [4.78, 5) is 0. The molecule has 0 spiro atoms. The van der Waals surface area contributed by atoms with E-state index in [4.69, 9.17) is 0 Å². The van der Waals surface area contributed by atoms with Crippen LogP contribution in [0.2, 0.25) is 0 Å². The molecule has 3 rings (SSSR count). The Morgan fingerprint density at radius 3 is 1.09 bits per heavy atom. The van der Waals surface area contributed by atoms with Crippen molar-refractivity contribution in [3.63, 3.8) is 0 Å². The van der Waals surface area contributed by atoms with Crippen molar-refractivity contribution in [2.24, 2.45) is 5.92 Å². The van der Waals surface area contributed by atoms with Crippen LogP contribution >= 0.6 is 0 Å². The zero-order valence-electron chi connectivity index (χ0n) is 24.8. The lowest BCUT2D eigenvalue weighted by molar-refractivity contribution is 0.480. The van der Waals surface area contributed by atoms with Gasteiger partial charge in [-0.15, -0.1) is 0 Å². The van der Waals surface area contributed by atoms with E-state index in [0.29, 0.717) is 0 Å². The van der Waals surface area contributed by atoms with Crippen molar-refractivity contribution in [1.29, 1.82) is 0 Å². The maximum Gasteiger partial charge on any atom is -0.0162 e. The van der Waals surface area contributed by atoms with Crippen LogP contribution in [0.5, 0.6) is 0 Å². The smallest absolute Gasteiger partial charge is 0.0162 e. The largest absolute Gasteiger partial charge is 0.0683 e. The Labute approximate surface area is 220 Å². The first-order valence-corrected chi connectivity index (χ1v) is 14.6. The first-order chi connectivity index (χ1) is 17.2. The lowest BCUT2D eigenvalue weighted by Gasteiger charge is -2.15. The van der Waals surface area contributed by atoms with Gasteiger partial charge in [0, 0.05) is 0 Å². The second-order valence-corrected chi connectivity index (χ2v) is 8.71. The predicted octanol–water partition coefficient (Wildman–Crippen LogP) is 12.5. The van der Waals surface area contributed by atoms with Crippen LogP contribution in [0, 0.1) is 5.92 Å². The minimum Gasteiger partial charge on any atom is -0.0683 e. The van der Waals surface area contributed by atoms with E-state index in [9.17, 15) is 0 Å². The summed E-state index contributed by atoms with van der Waals surface area (Å²) in [6.07, 6.45) is 10.8. The monoisotopic (exact) mass is 478 g/mol. The highest BCUT2D eigenvalue weighted by atomic mass is 14.1. The van der Waals surface area contributed by atoms with Gasteiger partial charge in [0.05, 0.1) is 0 Å². The van der Waals surface area contributed by atoms with Crippen molar-refractivity contribution in [2.45, 2.75) is 120 Å². The third kappa shape index (κ3) is 17.9. The van der Waals surface area contributed by atoms with Crippen LogP contribution in [0.3, 0.4) is 0 Å². The summed E-state index contributed by atoms with van der Waals surface area (Å²) in [5.41, 5.74) is 1.52. The van der Waals surface area contributed by atoms with Gasteiger partial charge in [-0.25, -0.2) is 0 Å². The SMILES string of the molecule is CC.CC.CCCC(C)CCC.CCCC(CCC)c1ccccc1.c1ccc2ccccc2c1. The molecule has 0 heteroatoms. The molecule has 0 bridgehead atoms. The summed E-state index contributed by atoms with van der Waals surface area (Å²) < 4.78 is 0. The molecule has 0 aliphatic carbocycles. The molecule has 35 heavy (non-hydrogen) atoms. The summed E-state index contributed by atoms with van der Waals surface area (Å²) >= 11 is 0. The fourth-order valence-corrected chi connectivity index (χ4v) is 4.16. The van der Waals surface area contributed by atoms with E-state index < -0.39 is 0 Å². The number of benzene rings is 3. The molecule has 0 atom stereocenters. The molecule has 0 N–H and O–H groups in total. The van der Waals surface area contributed by atoms with Crippen LogP contribution in [-0.4, -0.2) is 0 Å². The molecule has 0 unspecified atom stereocenters. The second kappa shape index (κ2) is 26.5. The van der Waals surface area contributed by atoms with Crippen LogP contribution < -0.4 is 0 Å². The molecular weight excluding hydrogens is 420 g/mol. The zero-order chi connectivity index (χ0) is 26.7. The summed E-state index contributed by atoms with van der Waals surface area (Å²) in [7, 11) is 0. The van der Waals surface area contributed by atoms with E-state index in [-0.39, 0.29) is 0 Å². The van der Waals surface area contributed by atoms with Crippen LogP contribution in [0.15, 0.2) is 78.9 Å². The highest BCUT2D eigenvalue weighted by molar-refractivity contribution is 5.82. The number of hydrogen-bond acceptors (Lipinski definition) is 0. The van der Waals surface area contributed by atoms with Gasteiger partial charge in [0.2, 0.25) is 0 Å². The molecular formula is C35H58. The van der Waals surface area contributed by atoms with Gasteiger partial charge >= 0.3 is 0 Å². The Morgan fingerprint density at radius 1 is 0.457 bits per heavy atom. The van der Waals surface area contributed by atoms with Crippen LogP contribution in [0.25, 0.3) is 10.8 Å². The molecule has 0 radical (unpaired) electrons. The molecule has 0 aliphatic rings. The lowest BCUT2D eigenvalue weighted by atomic mass is 9.91. The van der Waals surface area contributed by atoms with Crippen LogP contribution in [-0.2, 0) is 0 Å². The van der Waals surface area contributed by atoms with E-state index in [1.807, 2.05) is 27.7 Å². The van der Waals surface area contributed by atoms with E-state index in [0.717, 1.165) is 11.8 Å². The molecule has 0 aliphatic heterocycles. The van der Waals surface area contributed by atoms with E-state index in [1.54, 1.807) is 0 Å². The fourth-order valence-electron chi connectivity index (χ4n) is 4.16. The highest BCUT2D eigenvalue weighted by Crippen LogP contribution is 2.25. The van der Waals surface area contributed by atoms with E-state index in [2.05, 4.69) is 113 Å². The van der Waals surface area contributed by atoms with Crippen molar-refractivity contribution in [3.05, 3.63) is 84.4 Å². The topological polar surface area (TPSA) is 0 Å². The lowest BCUT2D eigenvalue weighted by Crippen LogP contribution is -1.97. The quantitative estimate of drug-likeness (QED) is 0.287. The molecule has 0 amide bonds. The standard InChI is InChI=1S/C13H20.C10H8.C8H18.2C2H6/c1-3-8-12(9-4-2)13-10-6-5-7-11-13;1-2-6-10-8-4-3-7-9(10)5-1;1-4-6-8(3)7-5-2;2*1-2/h5-7,10-12H,3-4,8-9H2,1-2H3;1-8H;8H,4-7H2,1-3H3;2*1-2H3. The zero-order valence-corrected chi connectivity index (χ0v) is 24.8. The molecule has 3 aromatic carbocycles. The van der Waals surface area contributed by atoms with Crippen molar-refractivity contribution >= 4 is 10.8 Å². The number of fused-ring (bicyclic) bond motifs is 1. The maximum atomic E-state index is 2.34. The van der Waals surface area contributed by atoms with Gasteiger partial charge in [-0.2, -0.15) is 0 Å². The van der Waals surface area contributed by atoms with Crippen LogP contribution in [0.1, 0.15) is 125 Å². The van der Waals surface area contributed by atoms with Gasteiger partial charge in [0.25, 0.3) is 0 Å². The van der Waals surface area contributed by atoms with Gasteiger partial charge in [0.1, 0.15) is 0 Å². The molecule has 0 fully saturated rings. The molecule has 0 aromatic heterocycles. The molecule has 0 saturated carbocycles. The van der Waals surface area contributed by atoms with E-state index >= 15 is 0 Å². The summed E-state index contributed by atoms with van der Waals surface area (Å²) in [6, 6.07) is 27.6. The highest BCUT2D eigenvalue weighted by Gasteiger charge is 2.07. The average molecular weight is 479 g/mol. The summed E-state index contributed by atoms with van der Waals surface area (Å²) in [5, 5.41) is 2.62. The van der Waals surface area contributed by atoms with Gasteiger partial charge in [-0.05, 0) is 41.0 Å². The minimum atomic E-state index is 0.788. The van der Waals surface area contributed by atoms with Crippen molar-refractivity contribution in [2.75, 3.05) is 0 Å². The fraction of sp³-hybridized carbons (Fsp3) is 0.543. The van der Waals surface area contributed by atoms with Gasteiger partial charge < -0.3 is 0 Å². The van der Waals surface area contributed by atoms with Gasteiger partial charge in [-0.1, -0.05) is 180 Å². The maximum absolute atomic E-state index is 2.34. The third-order valence-corrected chi connectivity index (χ3v) is 5.77. The van der Waals surface area contributed by atoms with Crippen LogP contribution in [0.4, 0.5) is 0 Å². The molecule has 3 aromatic rings. The minimum absolute atomic E-state index is 0.788. The molecule has 0 nitrogen and oxygen atoms in total. The Kier molecular flexibility index (Phi) is 26.6. The first kappa shape index (κ1) is 35.1. The van der Waals surface area contributed by atoms with Crippen molar-refractivity contribution in [1.82, 2.24) is 0 Å². The van der Waals surface area contributed by atoms with Crippen molar-refractivity contribution in [3.8, 4) is 0 Å². The number of hydrogen-bond donors (Lipinski definition) is 0. The molecule has 0 heterocycles. The Hall–Kier alpha value is -2.08. The van der Waals surface area contributed by atoms with E-state index in [1.165, 1.54) is 67.7 Å². The molecule has 0 saturated heterocycles. The second-order valence-electron chi connectivity index (χ2n) is 8.71. The Morgan fingerprint density at radius 2 is 0.771 bits per heavy atom. The normalized spacial score (nSPS) is 9.57.